The average Bonchev–Trinajstić information content (AvgIpc) is 2.24. The molecule has 2 fully saturated rings. The number of fused-ring (bicyclic) bond motifs is 1. The standard InChI is InChI=1S/C11H20O/c1-9-6-8-11(12)7-4-2-3-5-10(9)11/h9-10,12H,2-8H2,1H3/t9-,10-,11-/m0/s1. The molecule has 0 bridgehead atoms. The van der Waals surface area contributed by atoms with Gasteiger partial charge >= 0.3 is 0 Å². The fourth-order valence-corrected chi connectivity index (χ4v) is 3.23. The van der Waals surface area contributed by atoms with Crippen molar-refractivity contribution in [2.75, 3.05) is 0 Å². The highest BCUT2D eigenvalue weighted by Crippen LogP contribution is 2.47. The lowest BCUT2D eigenvalue weighted by molar-refractivity contribution is -0.0116. The quantitative estimate of drug-likeness (QED) is 0.589. The smallest absolute Gasteiger partial charge is 0.0678 e. The van der Waals surface area contributed by atoms with Gasteiger partial charge in [-0.1, -0.05) is 26.2 Å². The molecule has 0 radical (unpaired) electrons. The lowest BCUT2D eigenvalue weighted by atomic mass is 9.83. The molecule has 0 unspecified atom stereocenters. The van der Waals surface area contributed by atoms with E-state index < -0.39 is 0 Å². The summed E-state index contributed by atoms with van der Waals surface area (Å²) in [4.78, 5) is 0. The first-order chi connectivity index (χ1) is 5.72. The largest absolute Gasteiger partial charge is 0.390 e. The second kappa shape index (κ2) is 3.02. The molecule has 2 saturated carbocycles. The zero-order chi connectivity index (χ0) is 8.60. The van der Waals surface area contributed by atoms with E-state index >= 15 is 0 Å². The van der Waals surface area contributed by atoms with Gasteiger partial charge in [-0.25, -0.2) is 0 Å². The molecule has 2 aliphatic rings. The molecule has 0 saturated heterocycles. The van der Waals surface area contributed by atoms with Crippen molar-refractivity contribution in [3.63, 3.8) is 0 Å². The Hall–Kier alpha value is -0.0400. The van der Waals surface area contributed by atoms with Crippen LogP contribution in [0.5, 0.6) is 0 Å². The van der Waals surface area contributed by atoms with Gasteiger partial charge in [0.1, 0.15) is 0 Å². The highest BCUT2D eigenvalue weighted by Gasteiger charge is 2.45. The van der Waals surface area contributed by atoms with Crippen molar-refractivity contribution < 1.29 is 5.11 Å². The van der Waals surface area contributed by atoms with Crippen LogP contribution in [0.3, 0.4) is 0 Å². The van der Waals surface area contributed by atoms with Crippen LogP contribution in [0.2, 0.25) is 0 Å². The zero-order valence-corrected chi connectivity index (χ0v) is 8.05. The maximum absolute atomic E-state index is 10.4. The van der Waals surface area contributed by atoms with E-state index in [1.54, 1.807) is 0 Å². The molecule has 2 aliphatic carbocycles. The van der Waals surface area contributed by atoms with E-state index in [-0.39, 0.29) is 5.60 Å². The summed E-state index contributed by atoms with van der Waals surface area (Å²) in [5.74, 6) is 1.40. The van der Waals surface area contributed by atoms with Gasteiger partial charge in [-0.3, -0.25) is 0 Å². The lowest BCUT2D eigenvalue weighted by Crippen LogP contribution is -2.33. The summed E-state index contributed by atoms with van der Waals surface area (Å²) in [5.41, 5.74) is -0.254. The average molecular weight is 168 g/mol. The van der Waals surface area contributed by atoms with Gasteiger partial charge in [0, 0.05) is 0 Å². The molecule has 2 rings (SSSR count). The summed E-state index contributed by atoms with van der Waals surface area (Å²) in [5, 5.41) is 10.4. The van der Waals surface area contributed by atoms with Crippen molar-refractivity contribution in [3.05, 3.63) is 0 Å². The van der Waals surface area contributed by atoms with E-state index in [9.17, 15) is 5.11 Å². The third-order valence-electron chi connectivity index (χ3n) is 4.03. The van der Waals surface area contributed by atoms with Crippen molar-refractivity contribution in [3.8, 4) is 0 Å². The molecule has 12 heavy (non-hydrogen) atoms. The lowest BCUT2D eigenvalue weighted by Gasteiger charge is -2.29. The molecule has 0 amide bonds. The van der Waals surface area contributed by atoms with E-state index in [0.717, 1.165) is 18.8 Å². The van der Waals surface area contributed by atoms with E-state index in [1.807, 2.05) is 0 Å². The molecule has 1 N–H and O–H groups in total. The molecule has 0 aromatic heterocycles. The number of rotatable bonds is 0. The van der Waals surface area contributed by atoms with Gasteiger partial charge in [-0.15, -0.1) is 0 Å². The summed E-state index contributed by atoms with van der Waals surface area (Å²) < 4.78 is 0. The van der Waals surface area contributed by atoms with Gasteiger partial charge in [0.2, 0.25) is 0 Å². The first-order valence-corrected chi connectivity index (χ1v) is 5.45. The number of aliphatic hydroxyl groups is 1. The Balaban J connectivity index is 2.14. The predicted molar refractivity (Wildman–Crippen MR) is 49.9 cm³/mol. The van der Waals surface area contributed by atoms with Crippen molar-refractivity contribution in [2.24, 2.45) is 11.8 Å². The van der Waals surface area contributed by atoms with E-state index in [1.165, 1.54) is 32.1 Å². The fraction of sp³-hybridized carbons (Fsp3) is 1.00. The van der Waals surface area contributed by atoms with Gasteiger partial charge in [-0.05, 0) is 37.5 Å². The highest BCUT2D eigenvalue weighted by molar-refractivity contribution is 4.96. The first-order valence-electron chi connectivity index (χ1n) is 5.45. The van der Waals surface area contributed by atoms with Crippen LogP contribution in [0.1, 0.15) is 51.9 Å². The number of hydrogen-bond donors (Lipinski definition) is 1. The maximum atomic E-state index is 10.4. The van der Waals surface area contributed by atoms with Gasteiger partial charge < -0.3 is 5.11 Å². The van der Waals surface area contributed by atoms with Crippen LogP contribution in [0.25, 0.3) is 0 Å². The molecular weight excluding hydrogens is 148 g/mol. The molecule has 1 nitrogen and oxygen atoms in total. The van der Waals surface area contributed by atoms with Crippen LogP contribution in [0.15, 0.2) is 0 Å². The molecule has 70 valence electrons. The topological polar surface area (TPSA) is 20.2 Å². The van der Waals surface area contributed by atoms with E-state index in [4.69, 9.17) is 0 Å². The summed E-state index contributed by atoms with van der Waals surface area (Å²) in [6, 6.07) is 0. The molecule has 0 heterocycles. The van der Waals surface area contributed by atoms with Gasteiger partial charge in [0.25, 0.3) is 0 Å². The normalized spacial score (nSPS) is 48.5. The van der Waals surface area contributed by atoms with Crippen LogP contribution in [0.4, 0.5) is 0 Å². The summed E-state index contributed by atoms with van der Waals surface area (Å²) in [6.07, 6.45) is 8.60. The Morgan fingerprint density at radius 3 is 2.75 bits per heavy atom. The van der Waals surface area contributed by atoms with E-state index in [2.05, 4.69) is 6.92 Å². The van der Waals surface area contributed by atoms with Crippen LogP contribution < -0.4 is 0 Å². The Kier molecular flexibility index (Phi) is 2.16. The third-order valence-corrected chi connectivity index (χ3v) is 4.03. The minimum Gasteiger partial charge on any atom is -0.390 e. The van der Waals surface area contributed by atoms with Crippen molar-refractivity contribution in [1.29, 1.82) is 0 Å². The summed E-state index contributed by atoms with van der Waals surface area (Å²) >= 11 is 0. The zero-order valence-electron chi connectivity index (χ0n) is 8.05. The van der Waals surface area contributed by atoms with Gasteiger partial charge in [0.05, 0.1) is 5.60 Å². The first kappa shape index (κ1) is 8.55. The SMILES string of the molecule is C[C@H]1CC[C@@]2(O)CCCCC[C@@H]12. The Labute approximate surface area is 75.2 Å². The van der Waals surface area contributed by atoms with E-state index in [0.29, 0.717) is 5.92 Å². The molecule has 0 spiro atoms. The van der Waals surface area contributed by atoms with Crippen LogP contribution in [0, 0.1) is 11.8 Å². The Morgan fingerprint density at radius 1 is 1.08 bits per heavy atom. The summed E-state index contributed by atoms with van der Waals surface area (Å²) in [6.45, 7) is 2.31. The molecule has 1 heteroatoms. The molecule has 3 atom stereocenters. The molecular formula is C11H20O. The fourth-order valence-electron chi connectivity index (χ4n) is 3.23. The summed E-state index contributed by atoms with van der Waals surface area (Å²) in [7, 11) is 0. The van der Waals surface area contributed by atoms with Crippen molar-refractivity contribution >= 4 is 0 Å². The van der Waals surface area contributed by atoms with Gasteiger partial charge in [0.15, 0.2) is 0 Å². The minimum atomic E-state index is -0.254. The number of hydrogen-bond acceptors (Lipinski definition) is 1. The molecule has 0 aromatic rings. The second-order valence-corrected chi connectivity index (χ2v) is 4.83. The second-order valence-electron chi connectivity index (χ2n) is 4.83. The van der Waals surface area contributed by atoms with Crippen molar-refractivity contribution in [1.82, 2.24) is 0 Å². The third kappa shape index (κ3) is 1.28. The highest BCUT2D eigenvalue weighted by atomic mass is 16.3. The van der Waals surface area contributed by atoms with Gasteiger partial charge in [-0.2, -0.15) is 0 Å². The Morgan fingerprint density at radius 2 is 1.92 bits per heavy atom. The monoisotopic (exact) mass is 168 g/mol. The van der Waals surface area contributed by atoms with Crippen LogP contribution in [-0.2, 0) is 0 Å². The predicted octanol–water partition coefficient (Wildman–Crippen LogP) is 2.73. The minimum absolute atomic E-state index is 0.254. The van der Waals surface area contributed by atoms with Crippen LogP contribution >= 0.6 is 0 Å². The molecule has 0 aliphatic heterocycles. The molecule has 0 aromatic carbocycles. The van der Waals surface area contributed by atoms with Crippen LogP contribution in [-0.4, -0.2) is 10.7 Å². The Bertz CT molecular complexity index is 166. The maximum Gasteiger partial charge on any atom is 0.0678 e. The van der Waals surface area contributed by atoms with Crippen molar-refractivity contribution in [2.45, 2.75) is 57.5 Å².